The number of hydrogen-bond acceptors (Lipinski definition) is 6. The fraction of sp³-hybridized carbons (Fsp3) is 0.727. The second kappa shape index (κ2) is 7.53. The summed E-state index contributed by atoms with van der Waals surface area (Å²) in [4.78, 5) is 2.48. The van der Waals surface area contributed by atoms with Crippen molar-refractivity contribution in [2.45, 2.75) is 61.8 Å². The molecule has 5 N–H and O–H groups in total. The van der Waals surface area contributed by atoms with Crippen LogP contribution < -0.4 is 5.32 Å². The van der Waals surface area contributed by atoms with Gasteiger partial charge in [0.05, 0.1) is 11.4 Å². The number of aliphatic hydroxyl groups excluding tert-OH is 1. The van der Waals surface area contributed by atoms with Gasteiger partial charge in [-0.3, -0.25) is 10.2 Å². The average molecular weight is 437 g/mol. The smallest absolute Gasteiger partial charge is 0.154 e. The van der Waals surface area contributed by atoms with Crippen molar-refractivity contribution in [3.8, 4) is 5.75 Å². The van der Waals surface area contributed by atoms with Gasteiger partial charge in [0.15, 0.2) is 11.1 Å². The van der Waals surface area contributed by atoms with Gasteiger partial charge in [-0.25, -0.2) is 4.21 Å². The fourth-order valence-electron chi connectivity index (χ4n) is 6.56. The molecule has 0 spiro atoms. The van der Waals surface area contributed by atoms with Crippen molar-refractivity contribution in [2.24, 2.45) is 11.8 Å². The molecule has 3 fully saturated rings. The van der Waals surface area contributed by atoms with Gasteiger partial charge in [-0.15, -0.1) is 0 Å². The van der Waals surface area contributed by atoms with Crippen LogP contribution in [0.4, 0.5) is 0 Å². The summed E-state index contributed by atoms with van der Waals surface area (Å²) in [6.07, 6.45) is 4.42. The van der Waals surface area contributed by atoms with E-state index in [1.165, 1.54) is 18.4 Å². The van der Waals surface area contributed by atoms with E-state index in [0.717, 1.165) is 37.4 Å². The van der Waals surface area contributed by atoms with E-state index in [9.17, 15) is 19.5 Å². The molecular formula is C22H32N2O5S. The topological polar surface area (TPSA) is 113 Å². The van der Waals surface area contributed by atoms with Crippen molar-refractivity contribution in [1.29, 1.82) is 0 Å². The van der Waals surface area contributed by atoms with E-state index in [2.05, 4.69) is 10.2 Å². The van der Waals surface area contributed by atoms with Crippen LogP contribution in [0.5, 0.6) is 5.75 Å². The number of nitrogens with one attached hydrogen (secondary N) is 1. The van der Waals surface area contributed by atoms with Crippen molar-refractivity contribution in [3.05, 3.63) is 29.3 Å². The number of piperidine rings is 1. The standard InChI is InChI=1S/C22H32N2O5S/c25-17-4-3-15-9-19-22(27)12-16(20(26)23-6-8-30(28)29)11-21(22,18(15)10-17)5-7-24(19)13-14-1-2-14/h3-4,10,14,16,19-20,23,25-27H,1-2,5-9,11-13H2,(H,28,29). The van der Waals surface area contributed by atoms with Crippen LogP contribution >= 0.6 is 0 Å². The summed E-state index contributed by atoms with van der Waals surface area (Å²) in [5, 5.41) is 36.2. The molecule has 4 aliphatic rings. The molecule has 1 heterocycles. The zero-order valence-electron chi connectivity index (χ0n) is 17.2. The van der Waals surface area contributed by atoms with Crippen LogP contribution in [0.3, 0.4) is 0 Å². The molecular weight excluding hydrogens is 404 g/mol. The molecule has 8 heteroatoms. The monoisotopic (exact) mass is 436 g/mol. The van der Waals surface area contributed by atoms with Gasteiger partial charge in [0.25, 0.3) is 0 Å². The minimum Gasteiger partial charge on any atom is -0.508 e. The molecule has 2 bridgehead atoms. The second-order valence-electron chi connectivity index (χ2n) is 9.85. The molecule has 6 unspecified atom stereocenters. The number of rotatable bonds is 7. The first-order valence-corrected chi connectivity index (χ1v) is 12.4. The van der Waals surface area contributed by atoms with Gasteiger partial charge in [0.2, 0.25) is 0 Å². The van der Waals surface area contributed by atoms with Crippen LogP contribution in [0, 0.1) is 11.8 Å². The normalized spacial score (nSPS) is 37.4. The molecule has 0 aromatic heterocycles. The number of benzene rings is 1. The predicted molar refractivity (Wildman–Crippen MR) is 114 cm³/mol. The molecule has 1 aromatic carbocycles. The third-order valence-electron chi connectivity index (χ3n) is 8.12. The number of aliphatic hydroxyl groups is 2. The predicted octanol–water partition coefficient (Wildman–Crippen LogP) is 0.941. The van der Waals surface area contributed by atoms with Gasteiger partial charge in [0, 0.05) is 30.5 Å². The van der Waals surface area contributed by atoms with Crippen molar-refractivity contribution < 1.29 is 24.1 Å². The maximum Gasteiger partial charge on any atom is 0.154 e. The lowest BCUT2D eigenvalue weighted by atomic mass is 9.56. The molecule has 1 aromatic rings. The Hall–Kier alpha value is -1.03. The molecule has 7 nitrogen and oxygen atoms in total. The highest BCUT2D eigenvalue weighted by Gasteiger charge is 2.67. The maximum atomic E-state index is 12.2. The first-order valence-electron chi connectivity index (χ1n) is 11.1. The fourth-order valence-corrected chi connectivity index (χ4v) is 6.86. The molecule has 166 valence electrons. The number of phenols is 1. The summed E-state index contributed by atoms with van der Waals surface area (Å²) >= 11 is -1.90. The highest BCUT2D eigenvalue weighted by molar-refractivity contribution is 7.79. The van der Waals surface area contributed by atoms with Gasteiger partial charge in [0.1, 0.15) is 12.0 Å². The second-order valence-corrected chi connectivity index (χ2v) is 10.9. The van der Waals surface area contributed by atoms with Crippen molar-refractivity contribution in [3.63, 3.8) is 0 Å². The number of phenolic OH excluding ortho intramolecular Hbond substituents is 1. The first-order chi connectivity index (χ1) is 14.3. The molecule has 3 aliphatic carbocycles. The Morgan fingerprint density at radius 2 is 2.10 bits per heavy atom. The minimum absolute atomic E-state index is 0.0195. The molecule has 2 saturated carbocycles. The molecule has 0 amide bonds. The Balaban J connectivity index is 1.47. The zero-order chi connectivity index (χ0) is 21.1. The summed E-state index contributed by atoms with van der Waals surface area (Å²) in [6, 6.07) is 5.58. The highest BCUT2D eigenvalue weighted by Crippen LogP contribution is 2.62. The van der Waals surface area contributed by atoms with E-state index in [1.54, 1.807) is 6.07 Å². The summed E-state index contributed by atoms with van der Waals surface area (Å²) in [5.41, 5.74) is 0.811. The minimum atomic E-state index is -1.90. The number of aromatic hydroxyl groups is 1. The molecule has 6 atom stereocenters. The highest BCUT2D eigenvalue weighted by atomic mass is 32.2. The average Bonchev–Trinajstić information content (AvgIpc) is 3.43. The Morgan fingerprint density at radius 3 is 2.83 bits per heavy atom. The molecule has 30 heavy (non-hydrogen) atoms. The Kier molecular flexibility index (Phi) is 5.24. The number of hydrogen-bond donors (Lipinski definition) is 5. The van der Waals surface area contributed by atoms with E-state index in [4.69, 9.17) is 4.55 Å². The van der Waals surface area contributed by atoms with Crippen molar-refractivity contribution >= 4 is 11.1 Å². The lowest BCUT2D eigenvalue weighted by Crippen LogP contribution is -2.69. The van der Waals surface area contributed by atoms with E-state index in [1.807, 2.05) is 12.1 Å². The molecule has 1 saturated heterocycles. The van der Waals surface area contributed by atoms with Crippen molar-refractivity contribution in [1.82, 2.24) is 10.2 Å². The van der Waals surface area contributed by atoms with Gasteiger partial charge < -0.3 is 19.9 Å². The van der Waals surface area contributed by atoms with Crippen LogP contribution in [0.2, 0.25) is 0 Å². The van der Waals surface area contributed by atoms with E-state index < -0.39 is 28.3 Å². The first kappa shape index (κ1) is 20.8. The SMILES string of the molecule is O=S(O)CCNC(O)C1CC23CCN(CC4CC4)C(Cc4ccc(O)cc42)C3(O)C1. The lowest BCUT2D eigenvalue weighted by Gasteiger charge is -2.59. The third-order valence-corrected chi connectivity index (χ3v) is 8.67. The van der Waals surface area contributed by atoms with E-state index in [0.29, 0.717) is 12.8 Å². The van der Waals surface area contributed by atoms with Crippen LogP contribution in [0.15, 0.2) is 18.2 Å². The van der Waals surface area contributed by atoms with Gasteiger partial charge >= 0.3 is 0 Å². The van der Waals surface area contributed by atoms with Crippen LogP contribution in [-0.4, -0.2) is 72.2 Å². The molecule has 0 radical (unpaired) electrons. The molecule has 5 rings (SSSR count). The number of fused-ring (bicyclic) bond motifs is 1. The summed E-state index contributed by atoms with van der Waals surface area (Å²) in [6.45, 7) is 2.21. The van der Waals surface area contributed by atoms with Gasteiger partial charge in [-0.2, -0.15) is 0 Å². The Bertz CT molecular complexity index is 849. The van der Waals surface area contributed by atoms with Gasteiger partial charge in [-0.1, -0.05) is 6.07 Å². The third kappa shape index (κ3) is 3.32. The van der Waals surface area contributed by atoms with E-state index >= 15 is 0 Å². The summed E-state index contributed by atoms with van der Waals surface area (Å²) < 4.78 is 19.9. The van der Waals surface area contributed by atoms with Gasteiger partial charge in [-0.05, 0) is 74.2 Å². The van der Waals surface area contributed by atoms with Crippen molar-refractivity contribution in [2.75, 3.05) is 25.4 Å². The number of likely N-dealkylation sites (tertiary alicyclic amines) is 1. The lowest BCUT2D eigenvalue weighted by molar-refractivity contribution is -0.132. The quantitative estimate of drug-likeness (QED) is 0.319. The molecule has 1 aliphatic heterocycles. The van der Waals surface area contributed by atoms with Crippen LogP contribution in [0.25, 0.3) is 0 Å². The largest absolute Gasteiger partial charge is 0.508 e. The Morgan fingerprint density at radius 1 is 1.30 bits per heavy atom. The zero-order valence-corrected chi connectivity index (χ0v) is 18.0. The Labute approximate surface area is 179 Å². The van der Waals surface area contributed by atoms with Crippen LogP contribution in [-0.2, 0) is 22.9 Å². The summed E-state index contributed by atoms with van der Waals surface area (Å²) in [5.74, 6) is 0.870. The maximum absolute atomic E-state index is 12.2. The number of nitrogens with zero attached hydrogens (tertiary/aromatic N) is 1. The van der Waals surface area contributed by atoms with Crippen LogP contribution in [0.1, 0.15) is 43.2 Å². The van der Waals surface area contributed by atoms with E-state index in [-0.39, 0.29) is 30.0 Å². The summed E-state index contributed by atoms with van der Waals surface area (Å²) in [7, 11) is 0.